The molecule has 2 aliphatic rings. The number of nitrogens with zero attached hydrogens (tertiary/aromatic N) is 1. The number of benzene rings is 2. The summed E-state index contributed by atoms with van der Waals surface area (Å²) in [5, 5.41) is 15.6. The number of carboxylic acid groups (broad SMARTS) is 2. The molecule has 1 aliphatic carbocycles. The molecule has 1 aliphatic heterocycles. The molecule has 0 spiro atoms. The van der Waals surface area contributed by atoms with E-state index in [9.17, 15) is 14.0 Å². The van der Waals surface area contributed by atoms with Crippen molar-refractivity contribution in [3.8, 4) is 5.75 Å². The van der Waals surface area contributed by atoms with Gasteiger partial charge in [-0.15, -0.1) is 0 Å². The quantitative estimate of drug-likeness (QED) is 0.627. The van der Waals surface area contributed by atoms with Crippen LogP contribution in [0.1, 0.15) is 30.7 Å². The monoisotopic (exact) mass is 441 g/mol. The molecule has 0 radical (unpaired) electrons. The van der Waals surface area contributed by atoms with E-state index in [0.717, 1.165) is 31.2 Å². The highest BCUT2D eigenvalue weighted by atomic mass is 19.1. The molecule has 1 heterocycles. The van der Waals surface area contributed by atoms with Crippen LogP contribution < -0.4 is 4.74 Å². The van der Waals surface area contributed by atoms with Gasteiger partial charge in [0.2, 0.25) is 0 Å². The topological polar surface area (TPSA) is 87.1 Å². The highest BCUT2D eigenvalue weighted by Crippen LogP contribution is 2.35. The maximum atomic E-state index is 13.1. The first kappa shape index (κ1) is 23.5. The van der Waals surface area contributed by atoms with Crippen LogP contribution in [0.3, 0.4) is 0 Å². The minimum atomic E-state index is -1.26. The summed E-state index contributed by atoms with van der Waals surface area (Å²) in [6, 6.07) is 17.1. The first-order valence-corrected chi connectivity index (χ1v) is 10.7. The Morgan fingerprint density at radius 1 is 0.969 bits per heavy atom. The Bertz CT molecular complexity index is 896. The lowest BCUT2D eigenvalue weighted by atomic mass is 9.87. The average Bonchev–Trinajstić information content (AvgIpc) is 3.60. The number of carboxylic acids is 2. The molecule has 2 fully saturated rings. The number of piperidine rings is 1. The summed E-state index contributed by atoms with van der Waals surface area (Å²) in [5.41, 5.74) is 1.34. The molecular formula is C25H28FNO5. The Kier molecular flexibility index (Phi) is 8.39. The van der Waals surface area contributed by atoms with Crippen molar-refractivity contribution in [2.75, 3.05) is 19.6 Å². The zero-order chi connectivity index (χ0) is 22.9. The van der Waals surface area contributed by atoms with Crippen LogP contribution >= 0.6 is 0 Å². The largest absolute Gasteiger partial charge is 0.490 e. The summed E-state index contributed by atoms with van der Waals surface area (Å²) in [4.78, 5) is 21.7. The highest BCUT2D eigenvalue weighted by Gasteiger charge is 2.34. The van der Waals surface area contributed by atoms with E-state index >= 15 is 0 Å². The van der Waals surface area contributed by atoms with Crippen molar-refractivity contribution in [1.29, 1.82) is 0 Å². The van der Waals surface area contributed by atoms with Crippen molar-refractivity contribution >= 4 is 11.9 Å². The van der Waals surface area contributed by atoms with Crippen molar-refractivity contribution < 1.29 is 28.9 Å². The molecule has 2 aromatic rings. The van der Waals surface area contributed by atoms with Gasteiger partial charge in [-0.25, -0.2) is 14.0 Å². The van der Waals surface area contributed by atoms with Gasteiger partial charge in [0.1, 0.15) is 17.7 Å². The lowest BCUT2D eigenvalue weighted by molar-refractivity contribution is -0.134. The summed E-state index contributed by atoms with van der Waals surface area (Å²) >= 11 is 0. The summed E-state index contributed by atoms with van der Waals surface area (Å²) in [5.74, 6) is -0.696. The molecule has 170 valence electrons. The maximum absolute atomic E-state index is 13.1. The van der Waals surface area contributed by atoms with Gasteiger partial charge in [-0.1, -0.05) is 30.3 Å². The zero-order valence-electron chi connectivity index (χ0n) is 17.8. The Balaban J connectivity index is 0.000000312. The molecule has 32 heavy (non-hydrogen) atoms. The number of hydrogen-bond donors (Lipinski definition) is 2. The fourth-order valence-electron chi connectivity index (χ4n) is 3.82. The SMILES string of the molecule is Fc1ccc(O[C@@H]2CCN(CC3CC3)C[C@@H]2c2ccccc2)cc1.O=C(O)/C=C/C(=O)O. The lowest BCUT2D eigenvalue weighted by Crippen LogP contribution is -2.44. The van der Waals surface area contributed by atoms with Gasteiger partial charge >= 0.3 is 11.9 Å². The molecule has 0 amide bonds. The summed E-state index contributed by atoms with van der Waals surface area (Å²) in [7, 11) is 0. The van der Waals surface area contributed by atoms with Gasteiger partial charge in [0.25, 0.3) is 0 Å². The molecule has 0 bridgehead atoms. The second-order valence-electron chi connectivity index (χ2n) is 8.13. The molecule has 2 aromatic carbocycles. The molecule has 2 atom stereocenters. The van der Waals surface area contributed by atoms with Crippen molar-refractivity contribution in [1.82, 2.24) is 4.90 Å². The maximum Gasteiger partial charge on any atom is 0.328 e. The van der Waals surface area contributed by atoms with E-state index in [1.165, 1.54) is 37.1 Å². The zero-order valence-corrected chi connectivity index (χ0v) is 17.8. The summed E-state index contributed by atoms with van der Waals surface area (Å²) in [6.07, 6.45) is 5.06. The minimum absolute atomic E-state index is 0.147. The van der Waals surface area contributed by atoms with E-state index in [-0.39, 0.29) is 11.9 Å². The number of hydrogen-bond acceptors (Lipinski definition) is 4. The normalized spacial score (nSPS) is 20.9. The third-order valence-corrected chi connectivity index (χ3v) is 5.54. The Morgan fingerprint density at radius 3 is 2.16 bits per heavy atom. The van der Waals surface area contributed by atoms with E-state index in [4.69, 9.17) is 14.9 Å². The van der Waals surface area contributed by atoms with E-state index in [1.807, 2.05) is 0 Å². The summed E-state index contributed by atoms with van der Waals surface area (Å²) < 4.78 is 19.4. The van der Waals surface area contributed by atoms with Crippen molar-refractivity contribution in [3.63, 3.8) is 0 Å². The smallest absolute Gasteiger partial charge is 0.328 e. The Labute approximate surface area is 186 Å². The van der Waals surface area contributed by atoms with Gasteiger partial charge in [-0.05, 0) is 55.0 Å². The number of aliphatic carboxylic acids is 2. The molecule has 2 N–H and O–H groups in total. The second-order valence-corrected chi connectivity index (χ2v) is 8.13. The van der Waals surface area contributed by atoms with Gasteiger partial charge in [0.05, 0.1) is 0 Å². The van der Waals surface area contributed by atoms with Crippen LogP contribution in [-0.2, 0) is 9.59 Å². The van der Waals surface area contributed by atoms with Crippen LogP contribution in [0.5, 0.6) is 5.75 Å². The number of likely N-dealkylation sites (tertiary alicyclic amines) is 1. The van der Waals surface area contributed by atoms with Crippen molar-refractivity contribution in [2.24, 2.45) is 5.92 Å². The van der Waals surface area contributed by atoms with Crippen molar-refractivity contribution in [3.05, 3.63) is 78.1 Å². The molecular weight excluding hydrogens is 413 g/mol. The number of halogens is 1. The molecule has 0 unspecified atom stereocenters. The van der Waals surface area contributed by atoms with E-state index in [2.05, 4.69) is 35.2 Å². The second kappa shape index (κ2) is 11.4. The van der Waals surface area contributed by atoms with Gasteiger partial charge in [0.15, 0.2) is 0 Å². The first-order chi connectivity index (χ1) is 15.4. The van der Waals surface area contributed by atoms with Crippen LogP contribution in [0.15, 0.2) is 66.7 Å². The lowest BCUT2D eigenvalue weighted by Gasteiger charge is -2.39. The molecule has 4 rings (SSSR count). The van der Waals surface area contributed by atoms with Crippen LogP contribution in [-0.4, -0.2) is 52.8 Å². The van der Waals surface area contributed by atoms with Crippen molar-refractivity contribution in [2.45, 2.75) is 31.3 Å². The third kappa shape index (κ3) is 7.81. The van der Waals surface area contributed by atoms with Crippen LogP contribution in [0, 0.1) is 11.7 Å². The molecule has 6 nitrogen and oxygen atoms in total. The molecule has 0 aromatic heterocycles. The van der Waals surface area contributed by atoms with Gasteiger partial charge in [-0.3, -0.25) is 0 Å². The Morgan fingerprint density at radius 2 is 1.59 bits per heavy atom. The van der Waals surface area contributed by atoms with Crippen LogP contribution in [0.2, 0.25) is 0 Å². The van der Waals surface area contributed by atoms with E-state index < -0.39 is 11.9 Å². The number of rotatable bonds is 7. The number of carbonyl (C=O) groups is 2. The predicted octanol–water partition coefficient (Wildman–Crippen LogP) is 4.18. The standard InChI is InChI=1S/C21H24FNO.C4H4O4/c22-18-8-10-19(11-9-18)24-21-12-13-23(14-16-6-7-16)15-20(21)17-4-2-1-3-5-17;5-3(6)1-2-4(7)8/h1-5,8-11,16,20-21H,6-7,12-15H2;1-2H,(H,5,6)(H,7,8)/b;2-1+/t20-,21-;/m1./s1. The minimum Gasteiger partial charge on any atom is -0.490 e. The van der Waals surface area contributed by atoms with Crippen LogP contribution in [0.25, 0.3) is 0 Å². The Hall–Kier alpha value is -3.19. The van der Waals surface area contributed by atoms with E-state index in [1.54, 1.807) is 12.1 Å². The number of ether oxygens (including phenoxy) is 1. The predicted molar refractivity (Wildman–Crippen MR) is 118 cm³/mol. The van der Waals surface area contributed by atoms with Gasteiger partial charge in [0, 0.05) is 37.7 Å². The third-order valence-electron chi connectivity index (χ3n) is 5.54. The van der Waals surface area contributed by atoms with E-state index in [0.29, 0.717) is 18.1 Å². The molecule has 1 saturated heterocycles. The van der Waals surface area contributed by atoms with Gasteiger partial charge < -0.3 is 19.8 Å². The summed E-state index contributed by atoms with van der Waals surface area (Å²) in [6.45, 7) is 3.37. The fourth-order valence-corrected chi connectivity index (χ4v) is 3.82. The highest BCUT2D eigenvalue weighted by molar-refractivity contribution is 5.89. The van der Waals surface area contributed by atoms with Gasteiger partial charge in [-0.2, -0.15) is 0 Å². The molecule has 1 saturated carbocycles. The molecule has 7 heteroatoms. The van der Waals surface area contributed by atoms with Crippen LogP contribution in [0.4, 0.5) is 4.39 Å². The average molecular weight is 441 g/mol. The fraction of sp³-hybridized carbons (Fsp3) is 0.360. The first-order valence-electron chi connectivity index (χ1n) is 10.7.